The molecule has 3 heterocycles. The fraction of sp³-hybridized carbons (Fsp3) is 0.553. The van der Waals surface area contributed by atoms with Crippen LogP contribution >= 0.6 is 0 Å². The van der Waals surface area contributed by atoms with Crippen LogP contribution in [-0.4, -0.2) is 89.8 Å². The third-order valence-corrected chi connectivity index (χ3v) is 10.6. The molecule has 0 amide bonds. The molecule has 3 aliphatic heterocycles. The van der Waals surface area contributed by atoms with Gasteiger partial charge in [0.25, 0.3) is 0 Å². The Morgan fingerprint density at radius 3 is 2.57 bits per heavy atom. The number of nitrogens with one attached hydrogen (secondary N) is 2. The molecule has 280 valence electrons. The molecule has 3 aliphatic rings. The molecule has 0 bridgehead atoms. The van der Waals surface area contributed by atoms with E-state index in [1.54, 1.807) is 24.3 Å². The van der Waals surface area contributed by atoms with Gasteiger partial charge in [-0.3, -0.25) is 4.79 Å². The van der Waals surface area contributed by atoms with Crippen molar-refractivity contribution in [3.8, 4) is 28.7 Å². The number of nitrogens with two attached hydrogens (primary N) is 1. The van der Waals surface area contributed by atoms with E-state index >= 15 is 0 Å². The number of phenolic OH excluding ortho intramolecular Hbond substituents is 2. The molecule has 2 fully saturated rings. The van der Waals surface area contributed by atoms with Crippen molar-refractivity contribution in [2.75, 3.05) is 34.0 Å². The Hall–Kier alpha value is -4.17. The zero-order chi connectivity index (χ0) is 36.7. The van der Waals surface area contributed by atoms with Crippen molar-refractivity contribution < 1.29 is 49.3 Å². The number of hydrogen-bond acceptors (Lipinski definition) is 12. The average Bonchev–Trinajstić information content (AvgIpc) is 3.09. The van der Waals surface area contributed by atoms with E-state index in [1.165, 1.54) is 14.2 Å². The highest BCUT2D eigenvalue weighted by Crippen LogP contribution is 2.47. The number of aliphatic hydroxyl groups is 2. The molecule has 51 heavy (non-hydrogen) atoms. The highest BCUT2D eigenvalue weighted by atomic mass is 16.5. The summed E-state index contributed by atoms with van der Waals surface area (Å²) >= 11 is 0. The summed E-state index contributed by atoms with van der Waals surface area (Å²) in [5.74, 6) is -0.291. The van der Waals surface area contributed by atoms with Crippen LogP contribution in [0.15, 0.2) is 53.9 Å². The predicted molar refractivity (Wildman–Crippen MR) is 190 cm³/mol. The topological polar surface area (TPSA) is 205 Å². The normalized spacial score (nSPS) is 27.9. The first-order valence-corrected chi connectivity index (χ1v) is 17.7. The van der Waals surface area contributed by atoms with E-state index in [0.29, 0.717) is 62.2 Å². The lowest BCUT2D eigenvalue weighted by Crippen LogP contribution is -2.57. The molecule has 9 N–H and O–H groups in total. The maximum absolute atomic E-state index is 12.3. The van der Waals surface area contributed by atoms with Crippen LogP contribution in [0.4, 0.5) is 0 Å². The zero-order valence-corrected chi connectivity index (χ0v) is 29.6. The average molecular weight is 712 g/mol. The fourth-order valence-electron chi connectivity index (χ4n) is 7.86. The molecule has 13 nitrogen and oxygen atoms in total. The second-order valence-corrected chi connectivity index (χ2v) is 14.1. The van der Waals surface area contributed by atoms with Gasteiger partial charge in [0.1, 0.15) is 6.61 Å². The van der Waals surface area contributed by atoms with Crippen LogP contribution < -0.4 is 30.6 Å². The molecule has 7 atom stereocenters. The summed E-state index contributed by atoms with van der Waals surface area (Å²) in [7, 11) is 2.93. The van der Waals surface area contributed by atoms with Gasteiger partial charge in [-0.25, -0.2) is 0 Å². The zero-order valence-electron chi connectivity index (χ0n) is 29.6. The van der Waals surface area contributed by atoms with Gasteiger partial charge in [-0.2, -0.15) is 0 Å². The van der Waals surface area contributed by atoms with E-state index in [0.717, 1.165) is 17.6 Å². The third kappa shape index (κ3) is 9.20. The highest BCUT2D eigenvalue weighted by Gasteiger charge is 2.45. The molecule has 0 radical (unpaired) electrons. The van der Waals surface area contributed by atoms with E-state index in [4.69, 9.17) is 24.7 Å². The number of aryl methyl sites for hydroxylation is 1. The van der Waals surface area contributed by atoms with Gasteiger partial charge < -0.3 is 60.8 Å². The second kappa shape index (κ2) is 16.9. The van der Waals surface area contributed by atoms with Gasteiger partial charge in [-0.05, 0) is 98.9 Å². The van der Waals surface area contributed by atoms with Crippen LogP contribution in [-0.2, 0) is 16.0 Å². The molecule has 2 aromatic rings. The molecule has 5 rings (SSSR count). The molecule has 0 aliphatic carbocycles. The molecule has 2 saturated heterocycles. The number of aliphatic carboxylic acids is 1. The Bertz CT molecular complexity index is 1580. The summed E-state index contributed by atoms with van der Waals surface area (Å²) in [6.45, 7) is 2.54. The van der Waals surface area contributed by atoms with E-state index in [1.807, 2.05) is 18.2 Å². The third-order valence-electron chi connectivity index (χ3n) is 10.6. The molecule has 0 aromatic heterocycles. The van der Waals surface area contributed by atoms with Crippen molar-refractivity contribution in [2.24, 2.45) is 17.1 Å². The number of hydrogen-bond donors (Lipinski definition) is 8. The highest BCUT2D eigenvalue weighted by molar-refractivity contribution is 5.68. The van der Waals surface area contributed by atoms with Crippen LogP contribution in [0.25, 0.3) is 0 Å². The first kappa shape index (κ1) is 38.1. The SMILES string of the molecule is COc1cc(CCC2CC(O)C(CCO)C(c3cc(OC)c(O)c(OCC4NC(C)CCC4(CC(=O)O)CC4=CCNC(N)=C4)c3)O2)ccc1O. The van der Waals surface area contributed by atoms with Crippen molar-refractivity contribution in [1.82, 2.24) is 10.6 Å². The Morgan fingerprint density at radius 1 is 1.10 bits per heavy atom. The molecular weight excluding hydrogens is 658 g/mol. The largest absolute Gasteiger partial charge is 0.504 e. The number of methoxy groups -OCH3 is 2. The molecule has 13 heteroatoms. The van der Waals surface area contributed by atoms with Gasteiger partial charge in [0, 0.05) is 36.6 Å². The number of carbonyl (C=O) groups is 1. The van der Waals surface area contributed by atoms with Crippen molar-refractivity contribution in [3.05, 3.63) is 65.0 Å². The molecular formula is C38H53N3O10. The van der Waals surface area contributed by atoms with Crippen molar-refractivity contribution >= 4 is 5.97 Å². The summed E-state index contributed by atoms with van der Waals surface area (Å²) in [4.78, 5) is 12.3. The van der Waals surface area contributed by atoms with Gasteiger partial charge in [-0.15, -0.1) is 0 Å². The number of rotatable bonds is 15. The number of benzene rings is 2. The number of carboxylic acid groups (broad SMARTS) is 1. The number of phenols is 2. The lowest BCUT2D eigenvalue weighted by atomic mass is 9.66. The maximum atomic E-state index is 12.3. The van der Waals surface area contributed by atoms with Crippen LogP contribution in [0, 0.1) is 11.3 Å². The minimum absolute atomic E-state index is 0.0552. The van der Waals surface area contributed by atoms with E-state index in [-0.39, 0.29) is 60.8 Å². The van der Waals surface area contributed by atoms with Crippen molar-refractivity contribution in [3.63, 3.8) is 0 Å². The molecule has 7 unspecified atom stereocenters. The van der Waals surface area contributed by atoms with Gasteiger partial charge in [-0.1, -0.05) is 12.1 Å². The molecule has 0 spiro atoms. The summed E-state index contributed by atoms with van der Waals surface area (Å²) < 4.78 is 23.8. The van der Waals surface area contributed by atoms with Crippen LogP contribution in [0.2, 0.25) is 0 Å². The van der Waals surface area contributed by atoms with Gasteiger partial charge in [0.05, 0.1) is 44.8 Å². The smallest absolute Gasteiger partial charge is 0.303 e. The standard InChI is InChI=1S/C38H53N3O10/c1-22-8-11-38(20-35(45)46,19-24-9-12-40-34(39)15-24)33(41-22)21-50-32-17-25(16-31(49-3)36(32)47)37-27(10-13-42)29(44)18-26(51-37)6-4-23-5-7-28(43)30(14-23)48-2/h5,7,9,14-17,22,26-27,29,33,37,40-44,47H,4,6,8,10-13,18-21,39H2,1-3H3,(H,45,46). The molecule has 0 saturated carbocycles. The molecule has 2 aromatic carbocycles. The quantitative estimate of drug-likeness (QED) is 0.133. The Labute approximate surface area is 299 Å². The number of piperidine rings is 1. The number of allylic oxidation sites excluding steroid dienone is 2. The van der Waals surface area contributed by atoms with Gasteiger partial charge >= 0.3 is 5.97 Å². The Kier molecular flexibility index (Phi) is 12.6. The Balaban J connectivity index is 1.40. The summed E-state index contributed by atoms with van der Waals surface area (Å²) in [6, 6.07) is 8.26. The minimum atomic E-state index is -0.906. The van der Waals surface area contributed by atoms with E-state index < -0.39 is 29.5 Å². The number of aliphatic hydroxyl groups excluding tert-OH is 2. The van der Waals surface area contributed by atoms with Crippen molar-refractivity contribution in [1.29, 1.82) is 0 Å². The maximum Gasteiger partial charge on any atom is 0.303 e. The van der Waals surface area contributed by atoms with E-state index in [9.17, 15) is 30.3 Å². The predicted octanol–water partition coefficient (Wildman–Crippen LogP) is 3.64. The van der Waals surface area contributed by atoms with Crippen molar-refractivity contribution in [2.45, 2.75) is 88.7 Å². The number of carboxylic acids is 1. The second-order valence-electron chi connectivity index (χ2n) is 14.1. The summed E-state index contributed by atoms with van der Waals surface area (Å²) in [6.07, 6.45) is 5.82. The fourth-order valence-corrected chi connectivity index (χ4v) is 7.86. The summed E-state index contributed by atoms with van der Waals surface area (Å²) in [5.41, 5.74) is 7.87. The first-order chi connectivity index (χ1) is 24.4. The number of dihydropyridines is 1. The number of aromatic hydroxyl groups is 2. The van der Waals surface area contributed by atoms with Crippen LogP contribution in [0.5, 0.6) is 28.7 Å². The van der Waals surface area contributed by atoms with Gasteiger partial charge in [0.15, 0.2) is 23.0 Å². The first-order valence-electron chi connectivity index (χ1n) is 17.7. The number of ether oxygens (including phenoxy) is 4. The summed E-state index contributed by atoms with van der Waals surface area (Å²) in [5, 5.41) is 59.2. The van der Waals surface area contributed by atoms with Gasteiger partial charge in [0.2, 0.25) is 5.75 Å². The van der Waals surface area contributed by atoms with Crippen LogP contribution in [0.3, 0.4) is 0 Å². The van der Waals surface area contributed by atoms with Crippen LogP contribution in [0.1, 0.15) is 69.1 Å². The minimum Gasteiger partial charge on any atom is -0.504 e. The monoisotopic (exact) mass is 711 g/mol. The lowest BCUT2D eigenvalue weighted by molar-refractivity contribution is -0.144. The lowest BCUT2D eigenvalue weighted by Gasteiger charge is -2.46. The van der Waals surface area contributed by atoms with E-state index in [2.05, 4.69) is 17.6 Å². The Morgan fingerprint density at radius 2 is 1.86 bits per heavy atom.